The summed E-state index contributed by atoms with van der Waals surface area (Å²) in [6.07, 6.45) is 0.115. The molecule has 0 saturated carbocycles. The number of benzene rings is 2. The second kappa shape index (κ2) is 6.83. The van der Waals surface area contributed by atoms with Gasteiger partial charge < -0.3 is 20.5 Å². The Kier molecular flexibility index (Phi) is 4.60. The highest BCUT2D eigenvalue weighted by Crippen LogP contribution is 2.38. The van der Waals surface area contributed by atoms with Gasteiger partial charge in [-0.2, -0.15) is 0 Å². The first-order chi connectivity index (χ1) is 11.5. The molecule has 3 rings (SSSR count). The molecule has 0 spiro atoms. The molecule has 3 N–H and O–H groups in total. The zero-order chi connectivity index (χ0) is 17.1. The predicted molar refractivity (Wildman–Crippen MR) is 96.7 cm³/mol. The minimum atomic E-state index is -0.0998. The summed E-state index contributed by atoms with van der Waals surface area (Å²) in [5.41, 5.74) is 8.01. The van der Waals surface area contributed by atoms with E-state index in [9.17, 15) is 0 Å². The van der Waals surface area contributed by atoms with Crippen LogP contribution in [0.15, 0.2) is 53.5 Å². The van der Waals surface area contributed by atoms with Crippen molar-refractivity contribution in [1.82, 2.24) is 0 Å². The summed E-state index contributed by atoms with van der Waals surface area (Å²) < 4.78 is 11.4. The van der Waals surface area contributed by atoms with Gasteiger partial charge in [-0.15, -0.1) is 0 Å². The molecule has 126 valence electrons. The summed E-state index contributed by atoms with van der Waals surface area (Å²) in [5.74, 6) is 2.07. The average Bonchev–Trinajstić information content (AvgIpc) is 2.85. The maximum absolute atomic E-state index is 6.08. The SMILES string of the molecule is CC(C)Oc1ccc(NC(N)=NC2c3ccccc3OC2C)cc1. The number of nitrogens with zero attached hydrogens (tertiary/aromatic N) is 1. The fourth-order valence-electron chi connectivity index (χ4n) is 2.74. The molecule has 0 aliphatic carbocycles. The molecular formula is C19H23N3O2. The normalized spacial score (nSPS) is 19.8. The van der Waals surface area contributed by atoms with E-state index in [2.05, 4.69) is 10.3 Å². The third-order valence-corrected chi connectivity index (χ3v) is 3.77. The van der Waals surface area contributed by atoms with Crippen LogP contribution >= 0.6 is 0 Å². The Morgan fingerprint density at radius 2 is 1.88 bits per heavy atom. The lowest BCUT2D eigenvalue weighted by Crippen LogP contribution is -2.25. The van der Waals surface area contributed by atoms with Crippen molar-refractivity contribution < 1.29 is 9.47 Å². The average molecular weight is 325 g/mol. The number of fused-ring (bicyclic) bond motifs is 1. The number of nitrogens with two attached hydrogens (primary N) is 1. The molecule has 1 aliphatic heterocycles. The summed E-state index contributed by atoms with van der Waals surface area (Å²) in [5, 5.41) is 3.12. The zero-order valence-electron chi connectivity index (χ0n) is 14.2. The van der Waals surface area contributed by atoms with Crippen LogP contribution in [0.1, 0.15) is 32.4 Å². The number of anilines is 1. The van der Waals surface area contributed by atoms with E-state index in [0.29, 0.717) is 5.96 Å². The van der Waals surface area contributed by atoms with Gasteiger partial charge >= 0.3 is 0 Å². The van der Waals surface area contributed by atoms with Crippen molar-refractivity contribution in [2.45, 2.75) is 39.0 Å². The molecule has 0 radical (unpaired) electrons. The number of ether oxygens (including phenoxy) is 2. The monoisotopic (exact) mass is 325 g/mol. The van der Waals surface area contributed by atoms with Gasteiger partial charge in [0.1, 0.15) is 23.6 Å². The molecule has 1 aliphatic rings. The van der Waals surface area contributed by atoms with Gasteiger partial charge in [-0.05, 0) is 51.1 Å². The first-order valence-electron chi connectivity index (χ1n) is 8.15. The maximum atomic E-state index is 6.08. The van der Waals surface area contributed by atoms with E-state index in [1.807, 2.05) is 69.3 Å². The van der Waals surface area contributed by atoms with Crippen LogP contribution in [0, 0.1) is 0 Å². The van der Waals surface area contributed by atoms with Gasteiger partial charge in [-0.1, -0.05) is 18.2 Å². The van der Waals surface area contributed by atoms with E-state index in [4.69, 9.17) is 15.2 Å². The van der Waals surface area contributed by atoms with Crippen LogP contribution in [0.25, 0.3) is 0 Å². The van der Waals surface area contributed by atoms with Gasteiger partial charge in [-0.3, -0.25) is 0 Å². The van der Waals surface area contributed by atoms with Gasteiger partial charge in [-0.25, -0.2) is 4.99 Å². The Hall–Kier alpha value is -2.69. The molecule has 2 aromatic carbocycles. The Morgan fingerprint density at radius 3 is 2.58 bits per heavy atom. The summed E-state index contributed by atoms with van der Waals surface area (Å²) in [4.78, 5) is 4.59. The Balaban J connectivity index is 1.70. The van der Waals surface area contributed by atoms with E-state index in [0.717, 1.165) is 22.7 Å². The van der Waals surface area contributed by atoms with E-state index in [-0.39, 0.29) is 18.2 Å². The number of nitrogens with one attached hydrogen (secondary N) is 1. The zero-order valence-corrected chi connectivity index (χ0v) is 14.2. The van der Waals surface area contributed by atoms with Crippen LogP contribution in [0.5, 0.6) is 11.5 Å². The molecular weight excluding hydrogens is 302 g/mol. The van der Waals surface area contributed by atoms with Gasteiger partial charge in [0, 0.05) is 11.3 Å². The van der Waals surface area contributed by atoms with Crippen LogP contribution < -0.4 is 20.5 Å². The molecule has 1 heterocycles. The maximum Gasteiger partial charge on any atom is 0.193 e. The molecule has 0 amide bonds. The number of hydrogen-bond acceptors (Lipinski definition) is 3. The van der Waals surface area contributed by atoms with E-state index >= 15 is 0 Å². The third-order valence-electron chi connectivity index (χ3n) is 3.77. The van der Waals surface area contributed by atoms with Gasteiger partial charge in [0.25, 0.3) is 0 Å². The smallest absolute Gasteiger partial charge is 0.193 e. The Labute approximate surface area is 142 Å². The molecule has 0 saturated heterocycles. The van der Waals surface area contributed by atoms with Crippen LogP contribution in [0.3, 0.4) is 0 Å². The van der Waals surface area contributed by atoms with Crippen molar-refractivity contribution in [2.75, 3.05) is 5.32 Å². The van der Waals surface area contributed by atoms with Crippen molar-refractivity contribution in [2.24, 2.45) is 10.7 Å². The van der Waals surface area contributed by atoms with Gasteiger partial charge in [0.05, 0.1) is 6.10 Å². The Morgan fingerprint density at radius 1 is 1.17 bits per heavy atom. The summed E-state index contributed by atoms with van der Waals surface area (Å²) in [7, 11) is 0. The van der Waals surface area contributed by atoms with Gasteiger partial charge in [0.2, 0.25) is 0 Å². The van der Waals surface area contributed by atoms with E-state index in [1.54, 1.807) is 0 Å². The first-order valence-corrected chi connectivity index (χ1v) is 8.15. The van der Waals surface area contributed by atoms with E-state index in [1.165, 1.54) is 0 Å². The van der Waals surface area contributed by atoms with Crippen molar-refractivity contribution in [3.63, 3.8) is 0 Å². The first kappa shape index (κ1) is 16.2. The molecule has 2 unspecified atom stereocenters. The summed E-state index contributed by atoms with van der Waals surface area (Å²) >= 11 is 0. The topological polar surface area (TPSA) is 68.9 Å². The minimum absolute atomic E-state index is 0.0374. The second-order valence-corrected chi connectivity index (χ2v) is 6.14. The van der Waals surface area contributed by atoms with Crippen LogP contribution in [-0.4, -0.2) is 18.2 Å². The summed E-state index contributed by atoms with van der Waals surface area (Å²) in [6, 6.07) is 15.5. The quantitative estimate of drug-likeness (QED) is 0.664. The molecule has 0 bridgehead atoms. The standard InChI is InChI=1S/C19H23N3O2/c1-12(2)23-15-10-8-14(9-11-15)21-19(20)22-18-13(3)24-17-7-5-4-6-16(17)18/h4-13,18H,1-3H3,(H3,20,21,22). The van der Waals surface area contributed by atoms with Crippen molar-refractivity contribution >= 4 is 11.6 Å². The molecule has 5 nitrogen and oxygen atoms in total. The molecule has 0 fully saturated rings. The number of aliphatic imine (C=N–C) groups is 1. The lowest BCUT2D eigenvalue weighted by molar-refractivity contribution is 0.229. The number of rotatable bonds is 4. The lowest BCUT2D eigenvalue weighted by Gasteiger charge is -2.13. The third kappa shape index (κ3) is 3.62. The molecule has 0 aromatic heterocycles. The largest absolute Gasteiger partial charge is 0.491 e. The fraction of sp³-hybridized carbons (Fsp3) is 0.316. The summed E-state index contributed by atoms with van der Waals surface area (Å²) in [6.45, 7) is 6.00. The molecule has 2 aromatic rings. The molecule has 5 heteroatoms. The van der Waals surface area contributed by atoms with Gasteiger partial charge in [0.15, 0.2) is 5.96 Å². The van der Waals surface area contributed by atoms with Crippen molar-refractivity contribution in [1.29, 1.82) is 0 Å². The lowest BCUT2D eigenvalue weighted by atomic mass is 10.1. The predicted octanol–water partition coefficient (Wildman–Crippen LogP) is 3.72. The van der Waals surface area contributed by atoms with Crippen LogP contribution in [0.2, 0.25) is 0 Å². The number of guanidine groups is 1. The van der Waals surface area contributed by atoms with Crippen molar-refractivity contribution in [3.8, 4) is 11.5 Å². The molecule has 2 atom stereocenters. The van der Waals surface area contributed by atoms with Crippen molar-refractivity contribution in [3.05, 3.63) is 54.1 Å². The van der Waals surface area contributed by atoms with E-state index < -0.39 is 0 Å². The molecule has 24 heavy (non-hydrogen) atoms. The number of hydrogen-bond donors (Lipinski definition) is 2. The highest BCUT2D eigenvalue weighted by atomic mass is 16.5. The highest BCUT2D eigenvalue weighted by Gasteiger charge is 2.30. The highest BCUT2D eigenvalue weighted by molar-refractivity contribution is 5.92. The van der Waals surface area contributed by atoms with Crippen LogP contribution in [0.4, 0.5) is 5.69 Å². The number of para-hydroxylation sites is 1. The van der Waals surface area contributed by atoms with Crippen LogP contribution in [-0.2, 0) is 0 Å². The fourth-order valence-corrected chi connectivity index (χ4v) is 2.74. The second-order valence-electron chi connectivity index (χ2n) is 6.14. The Bertz CT molecular complexity index is 726. The minimum Gasteiger partial charge on any atom is -0.491 e.